The van der Waals surface area contributed by atoms with Gasteiger partial charge in [0.2, 0.25) is 5.91 Å². The first-order valence-corrected chi connectivity index (χ1v) is 11.0. The second-order valence-electron chi connectivity index (χ2n) is 6.58. The van der Waals surface area contributed by atoms with Crippen LogP contribution in [0.15, 0.2) is 58.2 Å². The lowest BCUT2D eigenvalue weighted by atomic mass is 10.1. The Bertz CT molecular complexity index is 1040. The van der Waals surface area contributed by atoms with E-state index in [1.165, 1.54) is 18.7 Å². The number of thioether (sulfide) groups is 1. The quantitative estimate of drug-likeness (QED) is 0.366. The lowest BCUT2D eigenvalue weighted by Gasteiger charge is -2.14. The zero-order chi connectivity index (χ0) is 21.7. The van der Waals surface area contributed by atoms with Gasteiger partial charge < -0.3 is 14.6 Å². The second-order valence-corrected chi connectivity index (χ2v) is 8.44. The molecule has 9 heteroatoms. The van der Waals surface area contributed by atoms with E-state index in [0.717, 1.165) is 10.2 Å². The molecule has 1 amide bonds. The highest BCUT2D eigenvalue weighted by molar-refractivity contribution is 9.10. The van der Waals surface area contributed by atoms with E-state index in [-0.39, 0.29) is 23.5 Å². The van der Waals surface area contributed by atoms with Crippen molar-refractivity contribution in [3.05, 3.63) is 64.4 Å². The number of hydrogen-bond acceptors (Lipinski definition) is 6. The van der Waals surface area contributed by atoms with Crippen LogP contribution in [0.1, 0.15) is 36.1 Å². The molecule has 0 saturated carbocycles. The monoisotopic (exact) mass is 488 g/mol. The van der Waals surface area contributed by atoms with Crippen molar-refractivity contribution in [2.24, 2.45) is 7.05 Å². The van der Waals surface area contributed by atoms with Crippen LogP contribution in [0.4, 0.5) is 5.69 Å². The van der Waals surface area contributed by atoms with E-state index in [1.807, 2.05) is 42.8 Å². The first-order chi connectivity index (χ1) is 14.3. The van der Waals surface area contributed by atoms with Gasteiger partial charge in [-0.3, -0.25) is 9.59 Å². The van der Waals surface area contributed by atoms with Crippen molar-refractivity contribution in [1.82, 2.24) is 14.8 Å². The van der Waals surface area contributed by atoms with Gasteiger partial charge in [-0.1, -0.05) is 27.7 Å². The molecule has 1 unspecified atom stereocenters. The van der Waals surface area contributed by atoms with Crippen LogP contribution in [0.2, 0.25) is 0 Å². The zero-order valence-corrected chi connectivity index (χ0v) is 19.2. The van der Waals surface area contributed by atoms with Gasteiger partial charge in [0, 0.05) is 22.8 Å². The molecule has 1 N–H and O–H groups in total. The molecule has 3 aromatic rings. The zero-order valence-electron chi connectivity index (χ0n) is 16.8. The van der Waals surface area contributed by atoms with Crippen LogP contribution in [-0.4, -0.2) is 32.2 Å². The summed E-state index contributed by atoms with van der Waals surface area (Å²) in [6, 6.07) is 14.4. The van der Waals surface area contributed by atoms with E-state index in [4.69, 9.17) is 4.74 Å². The molecule has 0 spiro atoms. The van der Waals surface area contributed by atoms with Gasteiger partial charge in [-0.05, 0) is 62.4 Å². The fraction of sp³-hybridized carbons (Fsp3) is 0.238. The number of halogens is 1. The largest absolute Gasteiger partial charge is 0.483 e. The number of carbonyl (C=O) groups excluding carboxylic acids is 2. The highest BCUT2D eigenvalue weighted by atomic mass is 79.9. The number of rotatable bonds is 8. The van der Waals surface area contributed by atoms with E-state index in [1.54, 1.807) is 24.3 Å². The minimum Gasteiger partial charge on any atom is -0.483 e. The van der Waals surface area contributed by atoms with Gasteiger partial charge in [0.05, 0.1) is 5.75 Å². The first kappa shape index (κ1) is 22.0. The average Bonchev–Trinajstić information content (AvgIpc) is 3.09. The van der Waals surface area contributed by atoms with Gasteiger partial charge in [-0.15, -0.1) is 10.2 Å². The predicted molar refractivity (Wildman–Crippen MR) is 120 cm³/mol. The van der Waals surface area contributed by atoms with Gasteiger partial charge in [0.1, 0.15) is 5.75 Å². The Kier molecular flexibility index (Phi) is 7.28. The Hall–Kier alpha value is -2.65. The van der Waals surface area contributed by atoms with Crippen molar-refractivity contribution < 1.29 is 14.3 Å². The van der Waals surface area contributed by atoms with Crippen molar-refractivity contribution in [2.45, 2.75) is 25.1 Å². The van der Waals surface area contributed by atoms with Crippen LogP contribution in [0.3, 0.4) is 0 Å². The first-order valence-electron chi connectivity index (χ1n) is 9.18. The molecule has 30 heavy (non-hydrogen) atoms. The minimum atomic E-state index is -0.299. The van der Waals surface area contributed by atoms with Gasteiger partial charge in [-0.25, -0.2) is 0 Å². The molecule has 0 aliphatic rings. The summed E-state index contributed by atoms with van der Waals surface area (Å²) in [7, 11) is 1.84. The number of carbonyl (C=O) groups is 2. The van der Waals surface area contributed by atoms with Crippen LogP contribution < -0.4 is 10.1 Å². The number of ether oxygens (including phenoxy) is 1. The van der Waals surface area contributed by atoms with Gasteiger partial charge in [-0.2, -0.15) is 0 Å². The van der Waals surface area contributed by atoms with Crippen LogP contribution in [0.5, 0.6) is 5.75 Å². The summed E-state index contributed by atoms with van der Waals surface area (Å²) in [4.78, 5) is 23.6. The van der Waals surface area contributed by atoms with Crippen molar-refractivity contribution >= 4 is 45.1 Å². The molecule has 7 nitrogen and oxygen atoms in total. The summed E-state index contributed by atoms with van der Waals surface area (Å²) < 4.78 is 8.73. The number of nitrogens with one attached hydrogen (secondary N) is 1. The maximum atomic E-state index is 12.2. The van der Waals surface area contributed by atoms with Crippen LogP contribution in [0, 0.1) is 0 Å². The third-order valence-corrected chi connectivity index (χ3v) is 5.82. The molecule has 0 radical (unpaired) electrons. The summed E-state index contributed by atoms with van der Waals surface area (Å²) in [5.74, 6) is 1.40. The summed E-state index contributed by atoms with van der Waals surface area (Å²) in [6.07, 6.45) is -0.299. The van der Waals surface area contributed by atoms with Crippen LogP contribution in [-0.2, 0) is 11.8 Å². The third kappa shape index (κ3) is 5.70. The average molecular weight is 489 g/mol. The highest BCUT2D eigenvalue weighted by Gasteiger charge is 2.18. The number of anilines is 1. The summed E-state index contributed by atoms with van der Waals surface area (Å²) in [6.45, 7) is 3.40. The molecule has 1 heterocycles. The Morgan fingerprint density at radius 1 is 1.13 bits per heavy atom. The van der Waals surface area contributed by atoms with Gasteiger partial charge in [0.25, 0.3) is 0 Å². The van der Waals surface area contributed by atoms with Gasteiger partial charge >= 0.3 is 0 Å². The summed E-state index contributed by atoms with van der Waals surface area (Å²) in [5, 5.41) is 11.8. The Morgan fingerprint density at radius 3 is 2.43 bits per heavy atom. The van der Waals surface area contributed by atoms with E-state index in [2.05, 4.69) is 31.4 Å². The van der Waals surface area contributed by atoms with Crippen molar-refractivity contribution in [2.75, 3.05) is 11.1 Å². The normalized spacial score (nSPS) is 11.7. The summed E-state index contributed by atoms with van der Waals surface area (Å²) in [5.41, 5.74) is 1.24. The maximum Gasteiger partial charge on any atom is 0.234 e. The van der Waals surface area contributed by atoms with E-state index in [0.29, 0.717) is 22.2 Å². The predicted octanol–water partition coefficient (Wildman–Crippen LogP) is 4.65. The number of Topliss-reactive ketones (excluding diaryl/α,β-unsaturated/α-hetero) is 1. The van der Waals surface area contributed by atoms with Gasteiger partial charge in [0.15, 0.2) is 22.9 Å². The topological polar surface area (TPSA) is 86.1 Å². The third-order valence-electron chi connectivity index (χ3n) is 4.27. The Balaban J connectivity index is 1.55. The van der Waals surface area contributed by atoms with Crippen LogP contribution in [0.25, 0.3) is 0 Å². The minimum absolute atomic E-state index is 0.0140. The van der Waals surface area contributed by atoms with Crippen molar-refractivity contribution in [3.63, 3.8) is 0 Å². The number of hydrogen-bond donors (Lipinski definition) is 1. The molecular weight excluding hydrogens is 468 g/mol. The number of amides is 1. The SMILES string of the molecule is CC(=O)c1ccc(NC(=O)CSc2nnc(C(C)Oc3ccc(Br)cc3)n2C)cc1. The molecule has 1 aromatic heterocycles. The lowest BCUT2D eigenvalue weighted by Crippen LogP contribution is -2.15. The number of benzene rings is 2. The fourth-order valence-electron chi connectivity index (χ4n) is 2.69. The second kappa shape index (κ2) is 9.90. The molecule has 0 aliphatic carbocycles. The molecule has 0 fully saturated rings. The molecular formula is C21H21BrN4O3S. The molecule has 0 bridgehead atoms. The van der Waals surface area contributed by atoms with E-state index in [9.17, 15) is 9.59 Å². The fourth-order valence-corrected chi connectivity index (χ4v) is 3.67. The molecule has 0 saturated heterocycles. The Morgan fingerprint density at radius 2 is 1.80 bits per heavy atom. The molecule has 0 aliphatic heterocycles. The Labute approximate surface area is 187 Å². The standard InChI is InChI=1S/C21H21BrN4O3S/c1-13(27)15-4-8-17(9-5-15)23-19(28)12-30-21-25-24-20(26(21)3)14(2)29-18-10-6-16(22)7-11-18/h4-11,14H,12H2,1-3H3,(H,23,28). The van der Waals surface area contributed by atoms with Crippen LogP contribution >= 0.6 is 27.7 Å². The lowest BCUT2D eigenvalue weighted by molar-refractivity contribution is -0.113. The molecule has 156 valence electrons. The number of ketones is 1. The van der Waals surface area contributed by atoms with Crippen molar-refractivity contribution in [1.29, 1.82) is 0 Å². The highest BCUT2D eigenvalue weighted by Crippen LogP contribution is 2.25. The van der Waals surface area contributed by atoms with E-state index < -0.39 is 0 Å². The molecule has 3 rings (SSSR count). The molecule has 2 aromatic carbocycles. The smallest absolute Gasteiger partial charge is 0.234 e. The summed E-state index contributed by atoms with van der Waals surface area (Å²) >= 11 is 4.69. The van der Waals surface area contributed by atoms with E-state index >= 15 is 0 Å². The molecule has 1 atom stereocenters. The van der Waals surface area contributed by atoms with Crippen molar-refractivity contribution in [3.8, 4) is 5.75 Å². The number of nitrogens with zero attached hydrogens (tertiary/aromatic N) is 3. The maximum absolute atomic E-state index is 12.2. The number of aromatic nitrogens is 3.